The molecule has 8 nitrogen and oxygen atoms in total. The van der Waals surface area contributed by atoms with Crippen molar-refractivity contribution in [2.45, 2.75) is 13.8 Å². The monoisotopic (exact) mass is 339 g/mol. The molecule has 0 atom stereocenters. The van der Waals surface area contributed by atoms with Crippen molar-refractivity contribution in [2.24, 2.45) is 7.05 Å². The Balaban J connectivity index is 1.76. The Morgan fingerprint density at radius 3 is 2.43 bits per heavy atom. The molecule has 126 valence electrons. The Kier molecular flexibility index (Phi) is 4.15. The van der Waals surface area contributed by atoms with Crippen molar-refractivity contribution in [1.29, 1.82) is 0 Å². The molecule has 0 N–H and O–H groups in total. The standard InChI is InChI=1S/C14H21N5O3S/c1-4-23(20,21)19-9-7-18(8-10-19)14-16-15-13(17(14)3)12-6-5-11(2)22-12/h5-6H,4,7-10H2,1-3H3. The number of furan rings is 1. The topological polar surface area (TPSA) is 84.5 Å². The van der Waals surface area contributed by atoms with E-state index in [2.05, 4.69) is 10.2 Å². The summed E-state index contributed by atoms with van der Waals surface area (Å²) in [5, 5.41) is 8.45. The number of piperazine rings is 1. The van der Waals surface area contributed by atoms with E-state index in [0.717, 1.165) is 11.7 Å². The minimum atomic E-state index is -3.12. The molecule has 1 fully saturated rings. The minimum Gasteiger partial charge on any atom is -0.458 e. The number of aromatic nitrogens is 3. The molecule has 3 heterocycles. The van der Waals surface area contributed by atoms with Crippen molar-refractivity contribution in [1.82, 2.24) is 19.1 Å². The summed E-state index contributed by atoms with van der Waals surface area (Å²) in [5.74, 6) is 3.03. The van der Waals surface area contributed by atoms with Crippen molar-refractivity contribution >= 4 is 16.0 Å². The molecule has 0 bridgehead atoms. The summed E-state index contributed by atoms with van der Waals surface area (Å²) in [7, 11) is -1.24. The third kappa shape index (κ3) is 2.98. The molecule has 0 saturated carbocycles. The molecule has 9 heteroatoms. The maximum Gasteiger partial charge on any atom is 0.227 e. The Morgan fingerprint density at radius 1 is 1.17 bits per heavy atom. The average molecular weight is 339 g/mol. The van der Waals surface area contributed by atoms with Crippen molar-refractivity contribution in [3.63, 3.8) is 0 Å². The normalized spacial score (nSPS) is 16.9. The maximum absolute atomic E-state index is 11.9. The number of aryl methyl sites for hydroxylation is 1. The van der Waals surface area contributed by atoms with Gasteiger partial charge >= 0.3 is 0 Å². The highest BCUT2D eigenvalue weighted by Gasteiger charge is 2.28. The van der Waals surface area contributed by atoms with Gasteiger partial charge in [0.25, 0.3) is 0 Å². The molecule has 23 heavy (non-hydrogen) atoms. The van der Waals surface area contributed by atoms with Gasteiger partial charge in [0.1, 0.15) is 5.76 Å². The van der Waals surface area contributed by atoms with Crippen LogP contribution in [0.15, 0.2) is 16.5 Å². The van der Waals surface area contributed by atoms with Crippen LogP contribution < -0.4 is 4.90 Å². The summed E-state index contributed by atoms with van der Waals surface area (Å²) in [4.78, 5) is 2.05. The van der Waals surface area contributed by atoms with E-state index in [-0.39, 0.29) is 5.75 Å². The predicted molar refractivity (Wildman–Crippen MR) is 86.7 cm³/mol. The molecule has 1 saturated heterocycles. The largest absolute Gasteiger partial charge is 0.458 e. The summed E-state index contributed by atoms with van der Waals surface area (Å²) in [6, 6.07) is 3.76. The van der Waals surface area contributed by atoms with Crippen molar-refractivity contribution in [2.75, 3.05) is 36.8 Å². The number of rotatable bonds is 4. The summed E-state index contributed by atoms with van der Waals surface area (Å²) in [5.41, 5.74) is 0. The number of sulfonamides is 1. The fourth-order valence-electron chi connectivity index (χ4n) is 2.71. The molecule has 3 rings (SSSR count). The Morgan fingerprint density at radius 2 is 1.87 bits per heavy atom. The molecule has 2 aromatic heterocycles. The van der Waals surface area contributed by atoms with Gasteiger partial charge in [-0.1, -0.05) is 0 Å². The van der Waals surface area contributed by atoms with E-state index in [4.69, 9.17) is 4.42 Å². The van der Waals surface area contributed by atoms with Crippen LogP contribution >= 0.6 is 0 Å². The molecule has 0 radical (unpaired) electrons. The first-order chi connectivity index (χ1) is 10.9. The van der Waals surface area contributed by atoms with E-state index in [1.807, 2.05) is 35.6 Å². The van der Waals surface area contributed by atoms with Gasteiger partial charge in [-0.25, -0.2) is 8.42 Å². The van der Waals surface area contributed by atoms with Gasteiger partial charge in [-0.3, -0.25) is 4.57 Å². The predicted octanol–water partition coefficient (Wildman–Crippen LogP) is 0.855. The number of anilines is 1. The second kappa shape index (κ2) is 5.97. The quantitative estimate of drug-likeness (QED) is 0.821. The lowest BCUT2D eigenvalue weighted by Gasteiger charge is -2.34. The fraction of sp³-hybridized carbons (Fsp3) is 0.571. The zero-order chi connectivity index (χ0) is 16.6. The van der Waals surface area contributed by atoms with Gasteiger partial charge in [-0.2, -0.15) is 4.31 Å². The van der Waals surface area contributed by atoms with E-state index in [1.54, 1.807) is 6.92 Å². The van der Waals surface area contributed by atoms with Crippen molar-refractivity contribution < 1.29 is 12.8 Å². The zero-order valence-corrected chi connectivity index (χ0v) is 14.4. The second-order valence-corrected chi connectivity index (χ2v) is 7.84. The van der Waals surface area contributed by atoms with Crippen LogP contribution in [-0.4, -0.2) is 59.4 Å². The number of hydrogen-bond acceptors (Lipinski definition) is 6. The third-order valence-corrected chi connectivity index (χ3v) is 5.97. The van der Waals surface area contributed by atoms with Crippen LogP contribution in [0.2, 0.25) is 0 Å². The van der Waals surface area contributed by atoms with Crippen LogP contribution in [0.3, 0.4) is 0 Å². The highest BCUT2D eigenvalue weighted by atomic mass is 32.2. The van der Waals surface area contributed by atoms with Gasteiger partial charge in [-0.05, 0) is 26.0 Å². The van der Waals surface area contributed by atoms with Crippen LogP contribution in [0.1, 0.15) is 12.7 Å². The molecule has 0 aliphatic carbocycles. The first kappa shape index (κ1) is 16.0. The average Bonchev–Trinajstić information content (AvgIpc) is 3.13. The fourth-order valence-corrected chi connectivity index (χ4v) is 3.80. The Labute approximate surface area is 135 Å². The van der Waals surface area contributed by atoms with E-state index in [0.29, 0.717) is 37.8 Å². The third-order valence-electron chi connectivity index (χ3n) is 4.09. The molecular weight excluding hydrogens is 318 g/mol. The van der Waals surface area contributed by atoms with Crippen LogP contribution in [-0.2, 0) is 17.1 Å². The van der Waals surface area contributed by atoms with Crippen molar-refractivity contribution in [3.05, 3.63) is 17.9 Å². The SMILES string of the molecule is CCS(=O)(=O)N1CCN(c2nnc(-c3ccc(C)o3)n2C)CC1. The summed E-state index contributed by atoms with van der Waals surface area (Å²) >= 11 is 0. The number of hydrogen-bond donors (Lipinski definition) is 0. The summed E-state index contributed by atoms with van der Waals surface area (Å²) in [6.45, 7) is 5.69. The van der Waals surface area contributed by atoms with Crippen molar-refractivity contribution in [3.8, 4) is 11.6 Å². The van der Waals surface area contributed by atoms with Gasteiger partial charge < -0.3 is 9.32 Å². The van der Waals surface area contributed by atoms with E-state index >= 15 is 0 Å². The van der Waals surface area contributed by atoms with Crippen LogP contribution in [0.5, 0.6) is 0 Å². The Hall–Kier alpha value is -1.87. The molecular formula is C14H21N5O3S. The van der Waals surface area contributed by atoms with Gasteiger partial charge in [0.05, 0.1) is 5.75 Å². The lowest BCUT2D eigenvalue weighted by atomic mass is 10.4. The summed E-state index contributed by atoms with van der Waals surface area (Å²) in [6.07, 6.45) is 0. The van der Waals surface area contributed by atoms with Crippen LogP contribution in [0, 0.1) is 6.92 Å². The van der Waals surface area contributed by atoms with Crippen LogP contribution in [0.25, 0.3) is 11.6 Å². The van der Waals surface area contributed by atoms with Crippen LogP contribution in [0.4, 0.5) is 5.95 Å². The molecule has 1 aliphatic heterocycles. The molecule has 0 aromatic carbocycles. The molecule has 0 spiro atoms. The highest BCUT2D eigenvalue weighted by Crippen LogP contribution is 2.24. The lowest BCUT2D eigenvalue weighted by Crippen LogP contribution is -2.49. The molecule has 0 amide bonds. The molecule has 0 unspecified atom stereocenters. The van der Waals surface area contributed by atoms with E-state index in [9.17, 15) is 8.42 Å². The van der Waals surface area contributed by atoms with E-state index in [1.165, 1.54) is 4.31 Å². The molecule has 2 aromatic rings. The first-order valence-corrected chi connectivity index (χ1v) is 9.22. The highest BCUT2D eigenvalue weighted by molar-refractivity contribution is 7.89. The smallest absolute Gasteiger partial charge is 0.227 e. The van der Waals surface area contributed by atoms with Gasteiger partial charge in [-0.15, -0.1) is 10.2 Å². The van der Waals surface area contributed by atoms with Gasteiger partial charge in [0, 0.05) is 33.2 Å². The molecule has 1 aliphatic rings. The van der Waals surface area contributed by atoms with E-state index < -0.39 is 10.0 Å². The maximum atomic E-state index is 11.9. The first-order valence-electron chi connectivity index (χ1n) is 7.61. The second-order valence-electron chi connectivity index (χ2n) is 5.58. The lowest BCUT2D eigenvalue weighted by molar-refractivity contribution is 0.382. The van der Waals surface area contributed by atoms with Gasteiger partial charge in [0.15, 0.2) is 5.76 Å². The zero-order valence-electron chi connectivity index (χ0n) is 13.6. The minimum absolute atomic E-state index is 0.138. The Bertz CT molecular complexity index is 787. The number of nitrogens with zero attached hydrogens (tertiary/aromatic N) is 5. The summed E-state index contributed by atoms with van der Waals surface area (Å²) < 4.78 is 32.8. The van der Waals surface area contributed by atoms with Gasteiger partial charge in [0.2, 0.25) is 21.8 Å².